The number of benzene rings is 2. The maximum Gasteiger partial charge on any atom is 0.338 e. The van der Waals surface area contributed by atoms with Gasteiger partial charge in [0.2, 0.25) is 10.0 Å². The number of esters is 1. The van der Waals surface area contributed by atoms with Gasteiger partial charge >= 0.3 is 5.97 Å². The number of primary sulfonamides is 1. The normalized spacial score (nSPS) is 26.4. The molecule has 4 aliphatic rings. The number of nitrogens with two attached hydrogens (primary N) is 1. The summed E-state index contributed by atoms with van der Waals surface area (Å²) in [7, 11) is -1.69. The topological polar surface area (TPSA) is 108 Å². The fraction of sp³-hybridized carbons (Fsp3) is 0.583. The molecule has 8 nitrogen and oxygen atoms in total. The molecule has 6 rings (SSSR count). The second-order valence-corrected chi connectivity index (χ2v) is 17.0. The van der Waals surface area contributed by atoms with Crippen molar-refractivity contribution in [3.05, 3.63) is 69.8 Å². The number of hydrogen-bond acceptors (Lipinski definition) is 7. The average molecular weight is 671 g/mol. The van der Waals surface area contributed by atoms with Crippen molar-refractivity contribution >= 4 is 33.3 Å². The lowest BCUT2D eigenvalue weighted by molar-refractivity contribution is 0.000512. The van der Waals surface area contributed by atoms with Crippen molar-refractivity contribution < 1.29 is 27.4 Å². The fourth-order valence-electron chi connectivity index (χ4n) is 7.97. The van der Waals surface area contributed by atoms with E-state index in [0.29, 0.717) is 30.4 Å². The van der Waals surface area contributed by atoms with Crippen LogP contribution in [0, 0.1) is 17.8 Å². The third-order valence-corrected chi connectivity index (χ3v) is 11.4. The summed E-state index contributed by atoms with van der Waals surface area (Å²) >= 11 is 6.44. The van der Waals surface area contributed by atoms with E-state index in [9.17, 15) is 13.2 Å². The monoisotopic (exact) mass is 670 g/mol. The van der Waals surface area contributed by atoms with Gasteiger partial charge in [0.05, 0.1) is 29.7 Å². The zero-order valence-electron chi connectivity index (χ0n) is 27.4. The molecular formula is C36H47ClN2O6S. The number of carbonyl (C=O) groups excluding carboxylic acids is 1. The first-order chi connectivity index (χ1) is 21.7. The molecule has 0 radical (unpaired) electrons. The number of carbonyl (C=O) groups is 1. The van der Waals surface area contributed by atoms with Crippen LogP contribution in [-0.2, 0) is 31.3 Å². The summed E-state index contributed by atoms with van der Waals surface area (Å²) in [5.74, 6) is 1.40. The number of sulfonamides is 1. The Balaban J connectivity index is 1.29. The minimum Gasteiger partial charge on any atom is -0.490 e. The van der Waals surface area contributed by atoms with E-state index < -0.39 is 15.6 Å². The molecule has 1 spiro atoms. The largest absolute Gasteiger partial charge is 0.490 e. The minimum atomic E-state index is -3.46. The summed E-state index contributed by atoms with van der Waals surface area (Å²) in [6.45, 7) is 7.77. The Labute approximate surface area is 278 Å². The number of aryl methyl sites for hydroxylation is 1. The Hall–Kier alpha value is -2.59. The first-order valence-corrected chi connectivity index (χ1v) is 18.6. The number of halogens is 1. The molecule has 1 fully saturated rings. The van der Waals surface area contributed by atoms with Gasteiger partial charge in [-0.3, -0.25) is 0 Å². The minimum absolute atomic E-state index is 0.00393. The fourth-order valence-corrected chi connectivity index (χ4v) is 8.79. The highest BCUT2D eigenvalue weighted by Gasteiger charge is 2.46. The zero-order chi connectivity index (χ0) is 32.9. The number of anilines is 1. The van der Waals surface area contributed by atoms with E-state index >= 15 is 0 Å². The number of hydrogen-bond donors (Lipinski definition) is 1. The van der Waals surface area contributed by atoms with Gasteiger partial charge in [-0.2, -0.15) is 0 Å². The first kappa shape index (κ1) is 33.3. The van der Waals surface area contributed by atoms with Gasteiger partial charge in [-0.25, -0.2) is 18.4 Å². The lowest BCUT2D eigenvalue weighted by Gasteiger charge is -2.48. The Morgan fingerprint density at radius 3 is 2.65 bits per heavy atom. The first-order valence-electron chi connectivity index (χ1n) is 16.5. The molecule has 1 aliphatic heterocycles. The molecule has 0 bridgehead atoms. The molecule has 5 atom stereocenters. The summed E-state index contributed by atoms with van der Waals surface area (Å²) in [6, 6.07) is 11.9. The van der Waals surface area contributed by atoms with Crippen LogP contribution in [0.4, 0.5) is 5.69 Å². The number of nitrogens with zero attached hydrogens (tertiary/aromatic N) is 1. The van der Waals surface area contributed by atoms with Gasteiger partial charge in [0.25, 0.3) is 0 Å². The van der Waals surface area contributed by atoms with Gasteiger partial charge in [0, 0.05) is 30.6 Å². The number of ether oxygens (including phenoxy) is 3. The maximum absolute atomic E-state index is 13.2. The molecule has 3 aliphatic carbocycles. The summed E-state index contributed by atoms with van der Waals surface area (Å²) in [4.78, 5) is 15.6. The van der Waals surface area contributed by atoms with Crippen molar-refractivity contribution in [2.45, 2.75) is 82.8 Å². The van der Waals surface area contributed by atoms with Crippen molar-refractivity contribution in [1.82, 2.24) is 0 Å². The molecule has 2 aromatic carbocycles. The molecule has 0 unspecified atom stereocenters. The van der Waals surface area contributed by atoms with E-state index in [1.165, 1.54) is 16.7 Å². The van der Waals surface area contributed by atoms with Gasteiger partial charge in [0.15, 0.2) is 0 Å². The average Bonchev–Trinajstić information content (AvgIpc) is 3.09. The highest BCUT2D eigenvalue weighted by molar-refractivity contribution is 7.89. The summed E-state index contributed by atoms with van der Waals surface area (Å²) < 4.78 is 41.4. The van der Waals surface area contributed by atoms with Crippen LogP contribution in [0.2, 0.25) is 5.02 Å². The molecule has 1 saturated carbocycles. The maximum atomic E-state index is 13.2. The SMILES string of the molecule is CO[C@@H](C1=C[C@H](CCS(N)(=O)=O)C1)[C@@H]1CC[C@H]1CN1C[C@@]2(CCCc3cc(Cl)ccc32)COc2ccc(C(=O)OC(C)(C)C)cc21. The van der Waals surface area contributed by atoms with E-state index in [2.05, 4.69) is 23.1 Å². The van der Waals surface area contributed by atoms with Crippen molar-refractivity contribution in [3.63, 3.8) is 0 Å². The summed E-state index contributed by atoms with van der Waals surface area (Å²) in [6.07, 6.45) is 8.82. The molecule has 0 saturated heterocycles. The highest BCUT2D eigenvalue weighted by Crippen LogP contribution is 2.48. The van der Waals surface area contributed by atoms with Gasteiger partial charge < -0.3 is 19.1 Å². The quantitative estimate of drug-likeness (QED) is 0.242. The Kier molecular flexibility index (Phi) is 9.26. The van der Waals surface area contributed by atoms with Gasteiger partial charge in [-0.15, -0.1) is 0 Å². The smallest absolute Gasteiger partial charge is 0.338 e. The third-order valence-electron chi connectivity index (χ3n) is 10.3. The third kappa shape index (κ3) is 7.13. The highest BCUT2D eigenvalue weighted by atomic mass is 35.5. The van der Waals surface area contributed by atoms with Crippen LogP contribution in [0.15, 0.2) is 48.0 Å². The lowest BCUT2D eigenvalue weighted by atomic mass is 9.65. The van der Waals surface area contributed by atoms with E-state index in [-0.39, 0.29) is 29.2 Å². The van der Waals surface area contributed by atoms with Crippen molar-refractivity contribution in [1.29, 1.82) is 0 Å². The Morgan fingerprint density at radius 2 is 1.98 bits per heavy atom. The molecule has 2 aromatic rings. The predicted molar refractivity (Wildman–Crippen MR) is 181 cm³/mol. The van der Waals surface area contributed by atoms with Crippen LogP contribution in [-0.4, -0.2) is 58.7 Å². The van der Waals surface area contributed by atoms with Gasteiger partial charge in [-0.1, -0.05) is 23.7 Å². The number of allylic oxidation sites excluding steroid dienone is 1. The van der Waals surface area contributed by atoms with Crippen LogP contribution < -0.4 is 14.8 Å². The molecule has 0 aromatic heterocycles. The number of methoxy groups -OCH3 is 1. The molecule has 250 valence electrons. The van der Waals surface area contributed by atoms with Gasteiger partial charge in [0.1, 0.15) is 11.4 Å². The van der Waals surface area contributed by atoms with E-state index in [0.717, 1.165) is 68.1 Å². The lowest BCUT2D eigenvalue weighted by Crippen LogP contribution is -2.50. The van der Waals surface area contributed by atoms with Crippen LogP contribution >= 0.6 is 11.6 Å². The predicted octanol–water partition coefficient (Wildman–Crippen LogP) is 6.43. The van der Waals surface area contributed by atoms with Crippen molar-refractivity contribution in [2.24, 2.45) is 22.9 Å². The van der Waals surface area contributed by atoms with Crippen molar-refractivity contribution in [3.8, 4) is 5.75 Å². The van der Waals surface area contributed by atoms with E-state index in [1.807, 2.05) is 39.0 Å². The summed E-state index contributed by atoms with van der Waals surface area (Å²) in [5.41, 5.74) is 4.48. The molecule has 46 heavy (non-hydrogen) atoms. The molecule has 1 heterocycles. The number of rotatable bonds is 9. The molecular weight excluding hydrogens is 624 g/mol. The van der Waals surface area contributed by atoms with Crippen LogP contribution in [0.3, 0.4) is 0 Å². The van der Waals surface area contributed by atoms with Crippen molar-refractivity contribution in [2.75, 3.05) is 37.5 Å². The molecule has 2 N–H and O–H groups in total. The van der Waals surface area contributed by atoms with Crippen LogP contribution in [0.25, 0.3) is 0 Å². The molecule has 0 amide bonds. The van der Waals surface area contributed by atoms with E-state index in [1.54, 1.807) is 13.2 Å². The van der Waals surface area contributed by atoms with Gasteiger partial charge in [-0.05, 0) is 131 Å². The molecule has 10 heteroatoms. The van der Waals surface area contributed by atoms with Crippen LogP contribution in [0.5, 0.6) is 5.75 Å². The Morgan fingerprint density at radius 1 is 1.20 bits per heavy atom. The Bertz CT molecular complexity index is 1620. The summed E-state index contributed by atoms with van der Waals surface area (Å²) in [5, 5.41) is 5.99. The van der Waals surface area contributed by atoms with Crippen LogP contribution in [0.1, 0.15) is 80.8 Å². The second kappa shape index (κ2) is 12.8. The van der Waals surface area contributed by atoms with E-state index in [4.69, 9.17) is 31.0 Å². The number of fused-ring (bicyclic) bond motifs is 3. The standard InChI is InChI=1S/C36H47ClN2O6S/c1-35(2,3)45-34(40)25-8-12-32-31(19-25)39(21-36(22-44-32)14-5-6-24-18-28(37)9-11-30(24)36)20-26-7-10-29(26)33(43-4)27-16-23(17-27)13-15-46(38,41)42/h8-9,11-12,16,18-19,23,26,29,33H,5-7,10,13-15,17,20-22H2,1-4H3,(H2,38,41,42)/t23-,26-,29+,33-,36-/m0/s1. The second-order valence-electron chi connectivity index (χ2n) is 14.8. The zero-order valence-corrected chi connectivity index (χ0v) is 29.0.